The summed E-state index contributed by atoms with van der Waals surface area (Å²) in [4.78, 5) is 2.61. The lowest BCUT2D eigenvalue weighted by atomic mass is 10.1. The highest BCUT2D eigenvalue weighted by Crippen LogP contribution is 2.23. The third-order valence-corrected chi connectivity index (χ3v) is 3.42. The van der Waals surface area contributed by atoms with Gasteiger partial charge < -0.3 is 5.32 Å². The molecule has 1 N–H and O–H groups in total. The van der Waals surface area contributed by atoms with E-state index >= 15 is 0 Å². The average Bonchev–Trinajstić information content (AvgIpc) is 2.65. The average molecular weight is 198 g/mol. The van der Waals surface area contributed by atoms with Crippen molar-refractivity contribution >= 4 is 0 Å². The molecule has 84 valence electrons. The Balaban J connectivity index is 2.40. The third-order valence-electron chi connectivity index (χ3n) is 3.42. The van der Waals surface area contributed by atoms with Crippen LogP contribution in [0.4, 0.5) is 0 Å². The number of nitrogens with one attached hydrogen (secondary N) is 1. The molecule has 0 aromatic rings. The summed E-state index contributed by atoms with van der Waals surface area (Å²) in [6, 6.07) is 1.56. The summed E-state index contributed by atoms with van der Waals surface area (Å²) < 4.78 is 0. The van der Waals surface area contributed by atoms with Crippen molar-refractivity contribution in [3.63, 3.8) is 0 Å². The van der Waals surface area contributed by atoms with Gasteiger partial charge in [-0.2, -0.15) is 0 Å². The second-order valence-electron chi connectivity index (χ2n) is 4.28. The quantitative estimate of drug-likeness (QED) is 0.704. The van der Waals surface area contributed by atoms with Gasteiger partial charge in [0.2, 0.25) is 0 Å². The molecular formula is C12H26N2. The van der Waals surface area contributed by atoms with Crippen LogP contribution in [0.15, 0.2) is 0 Å². The Bertz CT molecular complexity index is 143. The lowest BCUT2D eigenvalue weighted by Crippen LogP contribution is -2.46. The molecule has 14 heavy (non-hydrogen) atoms. The van der Waals surface area contributed by atoms with Crippen LogP contribution >= 0.6 is 0 Å². The topological polar surface area (TPSA) is 15.3 Å². The molecule has 1 aliphatic carbocycles. The summed E-state index contributed by atoms with van der Waals surface area (Å²) in [5, 5.41) is 3.69. The number of hydrogen-bond acceptors (Lipinski definition) is 2. The fraction of sp³-hybridized carbons (Fsp3) is 1.00. The maximum atomic E-state index is 3.69. The Hall–Kier alpha value is -0.0800. The SMILES string of the molecule is CCCNC1CCCC1N(CC)CC. The summed E-state index contributed by atoms with van der Waals surface area (Å²) >= 11 is 0. The van der Waals surface area contributed by atoms with Crippen molar-refractivity contribution in [3.8, 4) is 0 Å². The van der Waals surface area contributed by atoms with E-state index in [4.69, 9.17) is 0 Å². The van der Waals surface area contributed by atoms with E-state index in [0.717, 1.165) is 12.1 Å². The van der Waals surface area contributed by atoms with Crippen LogP contribution in [0.5, 0.6) is 0 Å². The fourth-order valence-corrected chi connectivity index (χ4v) is 2.64. The highest BCUT2D eigenvalue weighted by molar-refractivity contribution is 4.89. The van der Waals surface area contributed by atoms with Crippen molar-refractivity contribution in [1.29, 1.82) is 0 Å². The number of likely N-dealkylation sites (N-methyl/N-ethyl adjacent to an activating group) is 1. The summed E-state index contributed by atoms with van der Waals surface area (Å²) in [7, 11) is 0. The van der Waals surface area contributed by atoms with Crippen LogP contribution in [-0.2, 0) is 0 Å². The number of rotatable bonds is 6. The first kappa shape index (κ1) is 12.0. The van der Waals surface area contributed by atoms with Crippen molar-refractivity contribution in [1.82, 2.24) is 10.2 Å². The molecule has 1 fully saturated rings. The summed E-state index contributed by atoms with van der Waals surface area (Å²) in [5.74, 6) is 0. The second-order valence-corrected chi connectivity index (χ2v) is 4.28. The van der Waals surface area contributed by atoms with Gasteiger partial charge in [0.25, 0.3) is 0 Å². The Labute approximate surface area is 89.1 Å². The summed E-state index contributed by atoms with van der Waals surface area (Å²) in [5.41, 5.74) is 0. The zero-order valence-corrected chi connectivity index (χ0v) is 10.1. The van der Waals surface area contributed by atoms with Gasteiger partial charge >= 0.3 is 0 Å². The minimum Gasteiger partial charge on any atom is -0.312 e. The molecule has 0 radical (unpaired) electrons. The minimum atomic E-state index is 0.759. The van der Waals surface area contributed by atoms with Crippen molar-refractivity contribution in [3.05, 3.63) is 0 Å². The van der Waals surface area contributed by atoms with Gasteiger partial charge in [-0.1, -0.05) is 27.2 Å². The highest BCUT2D eigenvalue weighted by Gasteiger charge is 2.29. The van der Waals surface area contributed by atoms with Crippen LogP contribution in [-0.4, -0.2) is 36.6 Å². The van der Waals surface area contributed by atoms with Gasteiger partial charge in [-0.15, -0.1) is 0 Å². The van der Waals surface area contributed by atoms with Gasteiger partial charge in [0.1, 0.15) is 0 Å². The predicted octanol–water partition coefficient (Wildman–Crippen LogP) is 2.25. The molecule has 1 saturated carbocycles. The lowest BCUT2D eigenvalue weighted by molar-refractivity contribution is 0.190. The van der Waals surface area contributed by atoms with Crippen molar-refractivity contribution in [2.45, 2.75) is 58.5 Å². The van der Waals surface area contributed by atoms with Crippen molar-refractivity contribution in [2.24, 2.45) is 0 Å². The molecule has 0 saturated heterocycles. The van der Waals surface area contributed by atoms with Crippen LogP contribution in [0.2, 0.25) is 0 Å². The van der Waals surface area contributed by atoms with Crippen LogP contribution in [0.3, 0.4) is 0 Å². The molecule has 1 aliphatic rings. The van der Waals surface area contributed by atoms with E-state index in [1.165, 1.54) is 45.3 Å². The van der Waals surface area contributed by atoms with E-state index < -0.39 is 0 Å². The normalized spacial score (nSPS) is 27.4. The number of hydrogen-bond donors (Lipinski definition) is 1. The van der Waals surface area contributed by atoms with Gasteiger partial charge in [0.05, 0.1) is 0 Å². The second kappa shape index (κ2) is 6.41. The van der Waals surface area contributed by atoms with Crippen molar-refractivity contribution in [2.75, 3.05) is 19.6 Å². The van der Waals surface area contributed by atoms with E-state index in [2.05, 4.69) is 31.0 Å². The molecule has 0 amide bonds. The Morgan fingerprint density at radius 3 is 2.43 bits per heavy atom. The molecule has 0 aliphatic heterocycles. The first-order chi connectivity index (χ1) is 6.83. The maximum Gasteiger partial charge on any atom is 0.0249 e. The molecule has 0 bridgehead atoms. The largest absolute Gasteiger partial charge is 0.312 e. The smallest absolute Gasteiger partial charge is 0.0249 e. The van der Waals surface area contributed by atoms with E-state index in [-0.39, 0.29) is 0 Å². The van der Waals surface area contributed by atoms with Gasteiger partial charge in [-0.25, -0.2) is 0 Å². The zero-order valence-electron chi connectivity index (χ0n) is 10.1. The molecule has 2 atom stereocenters. The highest BCUT2D eigenvalue weighted by atomic mass is 15.2. The van der Waals surface area contributed by atoms with Gasteiger partial charge in [-0.3, -0.25) is 4.90 Å². The molecular weight excluding hydrogens is 172 g/mol. The Kier molecular flexibility index (Phi) is 5.49. The molecule has 2 unspecified atom stereocenters. The van der Waals surface area contributed by atoms with E-state index in [0.29, 0.717) is 0 Å². The van der Waals surface area contributed by atoms with E-state index in [9.17, 15) is 0 Å². The molecule has 2 nitrogen and oxygen atoms in total. The van der Waals surface area contributed by atoms with Gasteiger partial charge in [0, 0.05) is 12.1 Å². The van der Waals surface area contributed by atoms with Crippen LogP contribution in [0.25, 0.3) is 0 Å². The minimum absolute atomic E-state index is 0.759. The Morgan fingerprint density at radius 1 is 1.14 bits per heavy atom. The van der Waals surface area contributed by atoms with E-state index in [1.54, 1.807) is 0 Å². The molecule has 0 aromatic heterocycles. The van der Waals surface area contributed by atoms with Gasteiger partial charge in [0.15, 0.2) is 0 Å². The van der Waals surface area contributed by atoms with E-state index in [1.807, 2.05) is 0 Å². The van der Waals surface area contributed by atoms with Crippen LogP contribution in [0.1, 0.15) is 46.5 Å². The molecule has 0 aromatic carbocycles. The molecule has 1 rings (SSSR count). The first-order valence-electron chi connectivity index (χ1n) is 6.30. The molecule has 2 heteroatoms. The first-order valence-corrected chi connectivity index (χ1v) is 6.30. The molecule has 0 heterocycles. The standard InChI is InChI=1S/C12H26N2/c1-4-10-13-11-8-7-9-12(11)14(5-2)6-3/h11-13H,4-10H2,1-3H3. The third kappa shape index (κ3) is 2.96. The van der Waals surface area contributed by atoms with Crippen molar-refractivity contribution < 1.29 is 0 Å². The summed E-state index contributed by atoms with van der Waals surface area (Å²) in [6.07, 6.45) is 5.42. The fourth-order valence-electron chi connectivity index (χ4n) is 2.64. The Morgan fingerprint density at radius 2 is 1.86 bits per heavy atom. The zero-order chi connectivity index (χ0) is 10.4. The maximum absolute atomic E-state index is 3.69. The summed E-state index contributed by atoms with van der Waals surface area (Å²) in [6.45, 7) is 10.4. The monoisotopic (exact) mass is 198 g/mol. The lowest BCUT2D eigenvalue weighted by Gasteiger charge is -2.31. The van der Waals surface area contributed by atoms with Crippen LogP contribution in [0, 0.1) is 0 Å². The predicted molar refractivity (Wildman–Crippen MR) is 62.6 cm³/mol. The molecule has 0 spiro atoms. The number of nitrogens with zero attached hydrogens (tertiary/aromatic N) is 1. The van der Waals surface area contributed by atoms with Gasteiger partial charge in [-0.05, 0) is 38.9 Å². The van der Waals surface area contributed by atoms with Crippen LogP contribution < -0.4 is 5.32 Å².